The van der Waals surface area contributed by atoms with Gasteiger partial charge in [-0.05, 0) is 12.1 Å². The predicted molar refractivity (Wildman–Crippen MR) is 53.4 cm³/mol. The molecule has 70 valence electrons. The summed E-state index contributed by atoms with van der Waals surface area (Å²) in [6.07, 6.45) is 0. The van der Waals surface area contributed by atoms with Crippen LogP contribution in [0.5, 0.6) is 0 Å². The second kappa shape index (κ2) is 4.07. The first-order valence-corrected chi connectivity index (χ1v) is 4.64. The number of carbonyl (C=O) groups is 1. The molecule has 1 heterocycles. The SMILES string of the molecule is CC(C)C(=O)c1ccc(Cl)nc1Cl. The van der Waals surface area contributed by atoms with Gasteiger partial charge in [0.05, 0.1) is 5.56 Å². The van der Waals surface area contributed by atoms with Crippen LogP contribution in [0.1, 0.15) is 24.2 Å². The standard InChI is InChI=1S/C9H9Cl2NO/c1-5(2)8(13)6-3-4-7(10)12-9(6)11/h3-5H,1-2H3. The average Bonchev–Trinajstić information content (AvgIpc) is 2.03. The monoisotopic (exact) mass is 217 g/mol. The van der Waals surface area contributed by atoms with E-state index in [2.05, 4.69) is 4.98 Å². The highest BCUT2D eigenvalue weighted by molar-refractivity contribution is 6.34. The van der Waals surface area contributed by atoms with Gasteiger partial charge in [0.15, 0.2) is 5.78 Å². The molecule has 0 aromatic carbocycles. The lowest BCUT2D eigenvalue weighted by Crippen LogP contribution is -2.08. The number of carbonyl (C=O) groups excluding carboxylic acids is 1. The first kappa shape index (κ1) is 10.5. The second-order valence-electron chi connectivity index (χ2n) is 2.99. The van der Waals surface area contributed by atoms with E-state index in [1.165, 1.54) is 0 Å². The summed E-state index contributed by atoms with van der Waals surface area (Å²) in [6, 6.07) is 3.16. The minimum atomic E-state index is -0.0829. The minimum Gasteiger partial charge on any atom is -0.294 e. The van der Waals surface area contributed by atoms with Crippen LogP contribution in [-0.4, -0.2) is 10.8 Å². The van der Waals surface area contributed by atoms with Gasteiger partial charge in [-0.3, -0.25) is 4.79 Å². The Morgan fingerprint density at radius 2 is 2.00 bits per heavy atom. The fourth-order valence-electron chi connectivity index (χ4n) is 0.907. The van der Waals surface area contributed by atoms with E-state index in [4.69, 9.17) is 23.2 Å². The molecule has 0 unspecified atom stereocenters. The van der Waals surface area contributed by atoms with Crippen LogP contribution in [0, 0.1) is 5.92 Å². The molecular weight excluding hydrogens is 209 g/mol. The Balaban J connectivity index is 3.09. The summed E-state index contributed by atoms with van der Waals surface area (Å²) >= 11 is 11.3. The average molecular weight is 218 g/mol. The van der Waals surface area contributed by atoms with Gasteiger partial charge in [0.1, 0.15) is 10.3 Å². The lowest BCUT2D eigenvalue weighted by molar-refractivity contribution is 0.0939. The third-order valence-electron chi connectivity index (χ3n) is 1.60. The molecule has 1 rings (SSSR count). The molecule has 0 atom stereocenters. The van der Waals surface area contributed by atoms with E-state index in [0.29, 0.717) is 10.7 Å². The molecular formula is C9H9Cl2NO. The van der Waals surface area contributed by atoms with E-state index in [1.807, 2.05) is 13.8 Å². The molecule has 0 spiro atoms. The highest BCUT2D eigenvalue weighted by Crippen LogP contribution is 2.19. The lowest BCUT2D eigenvalue weighted by atomic mass is 10.0. The Bertz CT molecular complexity index is 336. The quantitative estimate of drug-likeness (QED) is 0.563. The first-order valence-electron chi connectivity index (χ1n) is 3.88. The Morgan fingerprint density at radius 1 is 1.38 bits per heavy atom. The molecule has 0 aliphatic heterocycles. The summed E-state index contributed by atoms with van der Waals surface area (Å²) in [7, 11) is 0. The van der Waals surface area contributed by atoms with Gasteiger partial charge in [-0.2, -0.15) is 0 Å². The van der Waals surface area contributed by atoms with Gasteiger partial charge in [0, 0.05) is 5.92 Å². The summed E-state index contributed by atoms with van der Waals surface area (Å²) in [4.78, 5) is 15.3. The highest BCUT2D eigenvalue weighted by Gasteiger charge is 2.14. The molecule has 0 aliphatic carbocycles. The zero-order chi connectivity index (χ0) is 10.0. The van der Waals surface area contributed by atoms with Gasteiger partial charge in [-0.1, -0.05) is 37.0 Å². The normalized spacial score (nSPS) is 10.5. The van der Waals surface area contributed by atoms with Gasteiger partial charge >= 0.3 is 0 Å². The van der Waals surface area contributed by atoms with Crippen LogP contribution in [0.3, 0.4) is 0 Å². The Hall–Kier alpha value is -0.600. The van der Waals surface area contributed by atoms with Crippen molar-refractivity contribution in [2.24, 2.45) is 5.92 Å². The number of aromatic nitrogens is 1. The maximum absolute atomic E-state index is 11.5. The summed E-state index contributed by atoms with van der Waals surface area (Å²) < 4.78 is 0. The molecule has 0 radical (unpaired) electrons. The van der Waals surface area contributed by atoms with Crippen LogP contribution in [0.25, 0.3) is 0 Å². The van der Waals surface area contributed by atoms with Crippen molar-refractivity contribution in [2.45, 2.75) is 13.8 Å². The molecule has 2 nitrogen and oxygen atoms in total. The summed E-state index contributed by atoms with van der Waals surface area (Å²) in [5, 5.41) is 0.469. The van der Waals surface area contributed by atoms with Crippen molar-refractivity contribution in [3.8, 4) is 0 Å². The van der Waals surface area contributed by atoms with E-state index >= 15 is 0 Å². The van der Waals surface area contributed by atoms with Crippen molar-refractivity contribution in [3.63, 3.8) is 0 Å². The molecule has 0 amide bonds. The van der Waals surface area contributed by atoms with Crippen molar-refractivity contribution in [1.82, 2.24) is 4.98 Å². The molecule has 1 aromatic rings. The van der Waals surface area contributed by atoms with Crippen molar-refractivity contribution in [2.75, 3.05) is 0 Å². The molecule has 1 aromatic heterocycles. The van der Waals surface area contributed by atoms with Crippen molar-refractivity contribution in [3.05, 3.63) is 28.0 Å². The zero-order valence-electron chi connectivity index (χ0n) is 7.34. The third kappa shape index (κ3) is 2.42. The number of pyridine rings is 1. The van der Waals surface area contributed by atoms with E-state index in [-0.39, 0.29) is 16.9 Å². The number of nitrogens with zero attached hydrogens (tertiary/aromatic N) is 1. The molecule has 4 heteroatoms. The molecule has 0 fully saturated rings. The van der Waals surface area contributed by atoms with E-state index in [0.717, 1.165) is 0 Å². The number of halogens is 2. The van der Waals surface area contributed by atoms with Gasteiger partial charge in [-0.15, -0.1) is 0 Å². The summed E-state index contributed by atoms with van der Waals surface area (Å²) in [5.74, 6) is -0.102. The van der Waals surface area contributed by atoms with E-state index in [1.54, 1.807) is 12.1 Å². The van der Waals surface area contributed by atoms with Crippen molar-refractivity contribution < 1.29 is 4.79 Å². The molecule has 0 saturated heterocycles. The number of Topliss-reactive ketones (excluding diaryl/α,β-unsaturated/α-hetero) is 1. The minimum absolute atomic E-state index is 0.0193. The van der Waals surface area contributed by atoms with Gasteiger partial charge in [0.25, 0.3) is 0 Å². The van der Waals surface area contributed by atoms with Crippen molar-refractivity contribution in [1.29, 1.82) is 0 Å². The summed E-state index contributed by atoms with van der Waals surface area (Å²) in [5.41, 5.74) is 0.432. The Labute approximate surface area is 86.9 Å². The molecule has 0 aliphatic rings. The van der Waals surface area contributed by atoms with Crippen LogP contribution in [0.4, 0.5) is 0 Å². The van der Waals surface area contributed by atoms with E-state index < -0.39 is 0 Å². The fraction of sp³-hybridized carbons (Fsp3) is 0.333. The van der Waals surface area contributed by atoms with Crippen LogP contribution >= 0.6 is 23.2 Å². The van der Waals surface area contributed by atoms with Crippen LogP contribution in [-0.2, 0) is 0 Å². The highest BCUT2D eigenvalue weighted by atomic mass is 35.5. The van der Waals surface area contributed by atoms with Crippen molar-refractivity contribution >= 4 is 29.0 Å². The molecule has 13 heavy (non-hydrogen) atoms. The third-order valence-corrected chi connectivity index (χ3v) is 2.10. The predicted octanol–water partition coefficient (Wildman–Crippen LogP) is 3.23. The zero-order valence-corrected chi connectivity index (χ0v) is 8.86. The smallest absolute Gasteiger partial charge is 0.168 e. The first-order chi connectivity index (χ1) is 6.02. The van der Waals surface area contributed by atoms with E-state index in [9.17, 15) is 4.79 Å². The number of rotatable bonds is 2. The Kier molecular flexibility index (Phi) is 3.28. The largest absolute Gasteiger partial charge is 0.294 e. The van der Waals surface area contributed by atoms with Gasteiger partial charge in [0.2, 0.25) is 0 Å². The second-order valence-corrected chi connectivity index (χ2v) is 3.74. The fourth-order valence-corrected chi connectivity index (χ4v) is 1.34. The summed E-state index contributed by atoms with van der Waals surface area (Å²) in [6.45, 7) is 3.63. The Morgan fingerprint density at radius 3 is 2.46 bits per heavy atom. The van der Waals surface area contributed by atoms with Gasteiger partial charge < -0.3 is 0 Å². The van der Waals surface area contributed by atoms with Gasteiger partial charge in [-0.25, -0.2) is 4.98 Å². The number of hydrogen-bond donors (Lipinski definition) is 0. The number of hydrogen-bond acceptors (Lipinski definition) is 2. The van der Waals surface area contributed by atoms with Crippen LogP contribution in [0.2, 0.25) is 10.3 Å². The lowest BCUT2D eigenvalue weighted by Gasteiger charge is -2.05. The number of ketones is 1. The van der Waals surface area contributed by atoms with Crippen LogP contribution in [0.15, 0.2) is 12.1 Å². The maximum Gasteiger partial charge on any atom is 0.168 e. The van der Waals surface area contributed by atoms with Crippen LogP contribution < -0.4 is 0 Å². The molecule has 0 N–H and O–H groups in total. The molecule has 0 bridgehead atoms. The maximum atomic E-state index is 11.5. The molecule has 0 saturated carbocycles. The topological polar surface area (TPSA) is 30.0 Å².